The van der Waals surface area contributed by atoms with Crippen LogP contribution in [0.4, 0.5) is 10.1 Å². The maximum Gasteiger partial charge on any atom is 0.264 e. The summed E-state index contributed by atoms with van der Waals surface area (Å²) in [6, 6.07) is 18.4. The average molecular weight is 482 g/mol. The molecule has 0 aliphatic rings. The van der Waals surface area contributed by atoms with Crippen molar-refractivity contribution >= 4 is 27.8 Å². The van der Waals surface area contributed by atoms with Crippen molar-refractivity contribution in [2.24, 2.45) is 5.10 Å². The van der Waals surface area contributed by atoms with Crippen LogP contribution in [-0.4, -0.2) is 33.7 Å². The van der Waals surface area contributed by atoms with E-state index in [1.165, 1.54) is 36.5 Å². The zero-order chi connectivity index (χ0) is 24.6. The number of ether oxygens (including phenoxy) is 1. The predicted octanol–water partition coefficient (Wildman–Crippen LogP) is 4.04. The Kier molecular flexibility index (Phi) is 8.15. The summed E-state index contributed by atoms with van der Waals surface area (Å²) in [6.07, 6.45) is 3.01. The first-order chi connectivity index (χ1) is 16.3. The van der Waals surface area contributed by atoms with Crippen molar-refractivity contribution in [1.82, 2.24) is 5.43 Å². The number of nitrogens with one attached hydrogen (secondary N) is 1. The van der Waals surface area contributed by atoms with Gasteiger partial charge in [-0.15, -0.1) is 0 Å². The molecular weight excluding hydrogens is 457 g/mol. The first-order valence-corrected chi connectivity index (χ1v) is 11.7. The molecule has 176 valence electrons. The Labute approximate surface area is 198 Å². The van der Waals surface area contributed by atoms with Gasteiger partial charge in [-0.25, -0.2) is 18.2 Å². The Hall–Kier alpha value is -3.98. The lowest BCUT2D eigenvalue weighted by Gasteiger charge is -2.24. The van der Waals surface area contributed by atoms with Crippen molar-refractivity contribution in [3.8, 4) is 5.75 Å². The van der Waals surface area contributed by atoms with Crippen molar-refractivity contribution in [3.05, 3.63) is 102 Å². The van der Waals surface area contributed by atoms with Crippen molar-refractivity contribution in [1.29, 1.82) is 0 Å². The van der Waals surface area contributed by atoms with E-state index < -0.39 is 28.3 Å². The van der Waals surface area contributed by atoms with E-state index in [1.54, 1.807) is 42.5 Å². The maximum absolute atomic E-state index is 14.5. The molecule has 0 atom stereocenters. The van der Waals surface area contributed by atoms with E-state index in [1.807, 2.05) is 6.92 Å². The number of halogens is 1. The summed E-state index contributed by atoms with van der Waals surface area (Å²) in [5, 5.41) is 3.88. The van der Waals surface area contributed by atoms with Gasteiger partial charge in [0.05, 0.1) is 16.8 Å². The van der Waals surface area contributed by atoms with Crippen molar-refractivity contribution in [3.63, 3.8) is 0 Å². The molecule has 0 spiro atoms. The minimum atomic E-state index is -4.22. The fraction of sp³-hybridized carbons (Fsp3) is 0.120. The van der Waals surface area contributed by atoms with E-state index in [2.05, 4.69) is 17.1 Å². The average Bonchev–Trinajstić information content (AvgIpc) is 2.82. The lowest BCUT2D eigenvalue weighted by atomic mass is 10.2. The third-order valence-corrected chi connectivity index (χ3v) is 6.42. The Morgan fingerprint density at radius 2 is 1.85 bits per heavy atom. The number of hydrazone groups is 1. The standard InChI is InChI=1S/C25H24FN3O4S/c1-3-15-33-21-8-6-7-20(16-21)17-27-28-25(30)18-29(24-10-5-4-9-23(24)26)34(31,32)22-13-11-19(2)12-14-22/h3-14,16-17H,1,15,18H2,2H3,(H,28,30)/b27-17+. The highest BCUT2D eigenvalue weighted by Gasteiger charge is 2.29. The van der Waals surface area contributed by atoms with Crippen molar-refractivity contribution < 1.29 is 22.3 Å². The molecule has 0 saturated heterocycles. The van der Waals surface area contributed by atoms with E-state index in [0.717, 1.165) is 15.9 Å². The minimum absolute atomic E-state index is 0.0611. The topological polar surface area (TPSA) is 88.1 Å². The molecule has 3 rings (SSSR count). The Balaban J connectivity index is 1.80. The maximum atomic E-state index is 14.5. The van der Waals surface area contributed by atoms with Gasteiger partial charge in [0.25, 0.3) is 15.9 Å². The van der Waals surface area contributed by atoms with Gasteiger partial charge >= 0.3 is 0 Å². The third kappa shape index (κ3) is 6.29. The number of carbonyl (C=O) groups excluding carboxylic acids is 1. The number of aryl methyl sites for hydroxylation is 1. The van der Waals surface area contributed by atoms with Crippen LogP contribution < -0.4 is 14.5 Å². The van der Waals surface area contributed by atoms with Crippen LogP contribution in [-0.2, 0) is 14.8 Å². The number of para-hydroxylation sites is 1. The van der Waals surface area contributed by atoms with E-state index in [9.17, 15) is 17.6 Å². The van der Waals surface area contributed by atoms with Crippen LogP contribution in [0.25, 0.3) is 0 Å². The second-order valence-corrected chi connectivity index (χ2v) is 9.10. The number of sulfonamides is 1. The van der Waals surface area contributed by atoms with E-state index in [0.29, 0.717) is 17.9 Å². The molecule has 0 saturated carbocycles. The summed E-state index contributed by atoms with van der Waals surface area (Å²) < 4.78 is 47.2. The molecule has 0 aliphatic carbocycles. The monoisotopic (exact) mass is 481 g/mol. The van der Waals surface area contributed by atoms with E-state index in [4.69, 9.17) is 4.74 Å². The number of nitrogens with zero attached hydrogens (tertiary/aromatic N) is 2. The number of amides is 1. The zero-order valence-corrected chi connectivity index (χ0v) is 19.3. The fourth-order valence-corrected chi connectivity index (χ4v) is 4.40. The molecule has 0 aromatic heterocycles. The smallest absolute Gasteiger partial charge is 0.264 e. The second kappa shape index (κ2) is 11.2. The molecule has 1 N–H and O–H groups in total. The molecule has 0 bridgehead atoms. The third-order valence-electron chi connectivity index (χ3n) is 4.65. The number of benzene rings is 3. The van der Waals surface area contributed by atoms with Crippen LogP contribution in [0.3, 0.4) is 0 Å². The summed E-state index contributed by atoms with van der Waals surface area (Å²) in [5.74, 6) is -0.912. The summed E-state index contributed by atoms with van der Waals surface area (Å²) in [6.45, 7) is 5.08. The van der Waals surface area contributed by atoms with Crippen molar-refractivity contribution in [2.75, 3.05) is 17.5 Å². The molecule has 0 unspecified atom stereocenters. The molecule has 3 aromatic carbocycles. The van der Waals surface area contributed by atoms with Crippen LogP contribution in [0.5, 0.6) is 5.75 Å². The molecule has 0 radical (unpaired) electrons. The highest BCUT2D eigenvalue weighted by Crippen LogP contribution is 2.26. The largest absolute Gasteiger partial charge is 0.490 e. The number of rotatable bonds is 10. The number of anilines is 1. The zero-order valence-electron chi connectivity index (χ0n) is 18.5. The van der Waals surface area contributed by atoms with Gasteiger partial charge in [-0.2, -0.15) is 5.10 Å². The van der Waals surface area contributed by atoms with Gasteiger partial charge in [0, 0.05) is 0 Å². The first-order valence-electron chi connectivity index (χ1n) is 10.3. The molecule has 0 aliphatic heterocycles. The highest BCUT2D eigenvalue weighted by atomic mass is 32.2. The number of carbonyl (C=O) groups is 1. The van der Waals surface area contributed by atoms with E-state index in [-0.39, 0.29) is 10.6 Å². The quantitative estimate of drug-likeness (QED) is 0.269. The Bertz CT molecular complexity index is 1290. The summed E-state index contributed by atoms with van der Waals surface area (Å²) in [5.41, 5.74) is 3.57. The van der Waals surface area contributed by atoms with Gasteiger partial charge in [-0.1, -0.05) is 54.6 Å². The van der Waals surface area contributed by atoms with Crippen LogP contribution in [0.1, 0.15) is 11.1 Å². The van der Waals surface area contributed by atoms with Crippen LogP contribution in [0.15, 0.2) is 95.4 Å². The molecular formula is C25H24FN3O4S. The van der Waals surface area contributed by atoms with Crippen LogP contribution in [0, 0.1) is 12.7 Å². The lowest BCUT2D eigenvalue weighted by Crippen LogP contribution is -2.40. The van der Waals surface area contributed by atoms with Crippen LogP contribution in [0.2, 0.25) is 0 Å². The molecule has 9 heteroatoms. The lowest BCUT2D eigenvalue weighted by molar-refractivity contribution is -0.119. The fourth-order valence-electron chi connectivity index (χ4n) is 2.98. The molecule has 7 nitrogen and oxygen atoms in total. The molecule has 0 heterocycles. The van der Waals surface area contributed by atoms with Gasteiger partial charge in [-0.3, -0.25) is 9.10 Å². The predicted molar refractivity (Wildman–Crippen MR) is 130 cm³/mol. The number of hydrogen-bond donors (Lipinski definition) is 1. The summed E-state index contributed by atoms with van der Waals surface area (Å²) in [7, 11) is -4.22. The van der Waals surface area contributed by atoms with Gasteiger partial charge in [0.2, 0.25) is 0 Å². The Morgan fingerprint density at radius 3 is 2.56 bits per heavy atom. The summed E-state index contributed by atoms with van der Waals surface area (Å²) >= 11 is 0. The molecule has 34 heavy (non-hydrogen) atoms. The van der Waals surface area contributed by atoms with Gasteiger partial charge in [0.15, 0.2) is 0 Å². The van der Waals surface area contributed by atoms with Gasteiger partial charge in [0.1, 0.15) is 24.7 Å². The molecule has 3 aromatic rings. The summed E-state index contributed by atoms with van der Waals surface area (Å²) in [4.78, 5) is 12.5. The Morgan fingerprint density at radius 1 is 1.12 bits per heavy atom. The van der Waals surface area contributed by atoms with Gasteiger partial charge in [-0.05, 0) is 48.9 Å². The minimum Gasteiger partial charge on any atom is -0.490 e. The van der Waals surface area contributed by atoms with Gasteiger partial charge < -0.3 is 4.74 Å². The SMILES string of the molecule is C=CCOc1cccc(/C=N/NC(=O)CN(c2ccccc2F)S(=O)(=O)c2ccc(C)cc2)c1. The first kappa shape index (κ1) is 24.7. The number of hydrogen-bond acceptors (Lipinski definition) is 5. The van der Waals surface area contributed by atoms with E-state index >= 15 is 0 Å². The van der Waals surface area contributed by atoms with Crippen LogP contribution >= 0.6 is 0 Å². The molecule has 0 fully saturated rings. The van der Waals surface area contributed by atoms with Crippen molar-refractivity contribution in [2.45, 2.75) is 11.8 Å². The molecule has 1 amide bonds. The normalized spacial score (nSPS) is 11.2. The second-order valence-electron chi connectivity index (χ2n) is 7.24. The highest BCUT2D eigenvalue weighted by molar-refractivity contribution is 7.92.